The average Bonchev–Trinajstić information content (AvgIpc) is 2.93. The lowest BCUT2D eigenvalue weighted by atomic mass is 10.1. The van der Waals surface area contributed by atoms with Gasteiger partial charge in [0.2, 0.25) is 5.95 Å². The number of anilines is 1. The molecule has 5 nitrogen and oxygen atoms in total. The highest BCUT2D eigenvalue weighted by molar-refractivity contribution is 5.91. The molecular weight excluding hydrogens is 250 g/mol. The van der Waals surface area contributed by atoms with E-state index in [9.17, 15) is 0 Å². The van der Waals surface area contributed by atoms with E-state index in [1.165, 1.54) is 0 Å². The van der Waals surface area contributed by atoms with Crippen LogP contribution >= 0.6 is 0 Å². The van der Waals surface area contributed by atoms with Crippen LogP contribution in [0.4, 0.5) is 5.95 Å². The Labute approximate surface area is 117 Å². The fourth-order valence-corrected chi connectivity index (χ4v) is 2.07. The van der Waals surface area contributed by atoms with Gasteiger partial charge in [-0.1, -0.05) is 13.8 Å². The molecule has 0 atom stereocenters. The number of aromatic nitrogens is 4. The van der Waals surface area contributed by atoms with Crippen LogP contribution < -0.4 is 5.32 Å². The Kier molecular flexibility index (Phi) is 3.33. The van der Waals surface area contributed by atoms with E-state index in [0.717, 1.165) is 28.8 Å². The number of nitrogens with zero attached hydrogens (tertiary/aromatic N) is 3. The Balaban J connectivity index is 1.97. The second-order valence-electron chi connectivity index (χ2n) is 5.14. The predicted molar refractivity (Wildman–Crippen MR) is 80.4 cm³/mol. The molecule has 0 unspecified atom stereocenters. The molecule has 0 fully saturated rings. The first-order valence-corrected chi connectivity index (χ1v) is 6.73. The Morgan fingerprint density at radius 2 is 2.00 bits per heavy atom. The zero-order valence-corrected chi connectivity index (χ0v) is 11.6. The van der Waals surface area contributed by atoms with E-state index in [0.29, 0.717) is 11.9 Å². The van der Waals surface area contributed by atoms with Crippen molar-refractivity contribution in [2.24, 2.45) is 5.92 Å². The summed E-state index contributed by atoms with van der Waals surface area (Å²) < 4.78 is 0. The number of aromatic amines is 1. The molecule has 20 heavy (non-hydrogen) atoms. The lowest BCUT2D eigenvalue weighted by molar-refractivity contribution is 0.684. The second-order valence-corrected chi connectivity index (χ2v) is 5.14. The summed E-state index contributed by atoms with van der Waals surface area (Å²) >= 11 is 0. The number of H-pyrrole nitrogens is 1. The van der Waals surface area contributed by atoms with Crippen LogP contribution in [0.1, 0.15) is 13.8 Å². The highest BCUT2D eigenvalue weighted by atomic mass is 15.1. The Morgan fingerprint density at radius 1 is 1.15 bits per heavy atom. The molecule has 0 radical (unpaired) electrons. The first kappa shape index (κ1) is 12.6. The van der Waals surface area contributed by atoms with Crippen LogP contribution in [0.25, 0.3) is 22.3 Å². The number of rotatable bonds is 4. The molecule has 3 rings (SSSR count). The van der Waals surface area contributed by atoms with Gasteiger partial charge in [-0.05, 0) is 24.1 Å². The molecule has 0 amide bonds. The molecule has 0 aliphatic heterocycles. The number of nitrogens with one attached hydrogen (secondary N) is 2. The standard InChI is InChI=1S/C15H17N5/c1-10(2)9-19-15-18-8-5-13(20-15)11-3-6-16-14-12(11)4-7-17-14/h3-8,10H,9H2,1-2H3,(H,16,17)(H,18,19,20). The van der Waals surface area contributed by atoms with Crippen molar-refractivity contribution in [2.45, 2.75) is 13.8 Å². The van der Waals surface area contributed by atoms with Crippen LogP contribution in [-0.2, 0) is 0 Å². The molecule has 3 heterocycles. The maximum atomic E-state index is 4.58. The maximum absolute atomic E-state index is 4.58. The van der Waals surface area contributed by atoms with Crippen molar-refractivity contribution in [3.8, 4) is 11.3 Å². The molecule has 0 spiro atoms. The zero-order valence-electron chi connectivity index (χ0n) is 11.6. The molecular formula is C15H17N5. The molecule has 0 aliphatic rings. The third kappa shape index (κ3) is 2.47. The molecule has 2 N–H and O–H groups in total. The van der Waals surface area contributed by atoms with Crippen molar-refractivity contribution in [2.75, 3.05) is 11.9 Å². The van der Waals surface area contributed by atoms with Gasteiger partial charge in [-0.2, -0.15) is 0 Å². The first-order chi connectivity index (χ1) is 9.74. The van der Waals surface area contributed by atoms with Gasteiger partial charge in [0.05, 0.1) is 5.69 Å². The Morgan fingerprint density at radius 3 is 2.85 bits per heavy atom. The summed E-state index contributed by atoms with van der Waals surface area (Å²) in [5, 5.41) is 4.32. The molecule has 5 heteroatoms. The van der Waals surface area contributed by atoms with Crippen molar-refractivity contribution >= 4 is 17.0 Å². The molecule has 102 valence electrons. The summed E-state index contributed by atoms with van der Waals surface area (Å²) in [6.45, 7) is 5.17. The van der Waals surface area contributed by atoms with E-state index in [2.05, 4.69) is 39.1 Å². The molecule has 0 saturated heterocycles. The van der Waals surface area contributed by atoms with Gasteiger partial charge in [0.15, 0.2) is 0 Å². The van der Waals surface area contributed by atoms with Crippen LogP contribution in [0.3, 0.4) is 0 Å². The normalized spacial score (nSPS) is 11.2. The van der Waals surface area contributed by atoms with E-state index >= 15 is 0 Å². The quantitative estimate of drug-likeness (QED) is 0.762. The van der Waals surface area contributed by atoms with E-state index in [4.69, 9.17) is 0 Å². The average molecular weight is 267 g/mol. The fourth-order valence-electron chi connectivity index (χ4n) is 2.07. The van der Waals surface area contributed by atoms with Crippen molar-refractivity contribution in [3.63, 3.8) is 0 Å². The minimum absolute atomic E-state index is 0.555. The van der Waals surface area contributed by atoms with E-state index < -0.39 is 0 Å². The van der Waals surface area contributed by atoms with Gasteiger partial charge in [-0.25, -0.2) is 15.0 Å². The zero-order chi connectivity index (χ0) is 13.9. The van der Waals surface area contributed by atoms with Crippen LogP contribution in [-0.4, -0.2) is 26.5 Å². The summed E-state index contributed by atoms with van der Waals surface area (Å²) in [6, 6.07) is 5.91. The number of fused-ring (bicyclic) bond motifs is 1. The maximum Gasteiger partial charge on any atom is 0.223 e. The van der Waals surface area contributed by atoms with Crippen LogP contribution in [0.5, 0.6) is 0 Å². The van der Waals surface area contributed by atoms with E-state index in [1.807, 2.05) is 24.4 Å². The summed E-state index contributed by atoms with van der Waals surface area (Å²) in [5.74, 6) is 1.22. The van der Waals surface area contributed by atoms with Crippen molar-refractivity contribution in [1.82, 2.24) is 19.9 Å². The van der Waals surface area contributed by atoms with Crippen molar-refractivity contribution in [1.29, 1.82) is 0 Å². The van der Waals surface area contributed by atoms with Gasteiger partial charge in [0.25, 0.3) is 0 Å². The van der Waals surface area contributed by atoms with Gasteiger partial charge >= 0.3 is 0 Å². The highest BCUT2D eigenvalue weighted by Crippen LogP contribution is 2.25. The monoisotopic (exact) mass is 267 g/mol. The summed E-state index contributed by atoms with van der Waals surface area (Å²) in [4.78, 5) is 16.2. The topological polar surface area (TPSA) is 66.5 Å². The molecule has 0 bridgehead atoms. The third-order valence-electron chi connectivity index (χ3n) is 3.06. The van der Waals surface area contributed by atoms with Crippen LogP contribution in [0, 0.1) is 5.92 Å². The highest BCUT2D eigenvalue weighted by Gasteiger charge is 2.08. The van der Waals surface area contributed by atoms with Crippen LogP contribution in [0.15, 0.2) is 36.8 Å². The Bertz CT molecular complexity index is 717. The lowest BCUT2D eigenvalue weighted by Crippen LogP contribution is -2.10. The predicted octanol–water partition coefficient (Wildman–Crippen LogP) is 3.09. The van der Waals surface area contributed by atoms with Gasteiger partial charge < -0.3 is 10.3 Å². The van der Waals surface area contributed by atoms with Gasteiger partial charge in [0.1, 0.15) is 5.65 Å². The van der Waals surface area contributed by atoms with E-state index in [1.54, 1.807) is 12.4 Å². The largest absolute Gasteiger partial charge is 0.354 e. The molecule has 0 aromatic carbocycles. The number of hydrogen-bond donors (Lipinski definition) is 2. The SMILES string of the molecule is CC(C)CNc1nccc(-c2ccnc3[nH]ccc23)n1. The third-order valence-corrected chi connectivity index (χ3v) is 3.06. The molecule has 3 aromatic heterocycles. The van der Waals surface area contributed by atoms with Gasteiger partial charge in [0, 0.05) is 36.1 Å². The van der Waals surface area contributed by atoms with Gasteiger partial charge in [-0.15, -0.1) is 0 Å². The second kappa shape index (κ2) is 5.28. The smallest absolute Gasteiger partial charge is 0.223 e. The summed E-state index contributed by atoms with van der Waals surface area (Å²) in [6.07, 6.45) is 5.46. The molecule has 3 aromatic rings. The number of hydrogen-bond acceptors (Lipinski definition) is 4. The summed E-state index contributed by atoms with van der Waals surface area (Å²) in [5.41, 5.74) is 2.84. The van der Waals surface area contributed by atoms with Gasteiger partial charge in [-0.3, -0.25) is 0 Å². The lowest BCUT2D eigenvalue weighted by Gasteiger charge is -2.08. The number of pyridine rings is 1. The van der Waals surface area contributed by atoms with Crippen molar-refractivity contribution < 1.29 is 0 Å². The minimum atomic E-state index is 0.555. The van der Waals surface area contributed by atoms with E-state index in [-0.39, 0.29) is 0 Å². The fraction of sp³-hybridized carbons (Fsp3) is 0.267. The summed E-state index contributed by atoms with van der Waals surface area (Å²) in [7, 11) is 0. The molecule has 0 aliphatic carbocycles. The Hall–Kier alpha value is -2.43. The van der Waals surface area contributed by atoms with Crippen molar-refractivity contribution in [3.05, 3.63) is 36.8 Å². The first-order valence-electron chi connectivity index (χ1n) is 6.73. The minimum Gasteiger partial charge on any atom is -0.354 e. The molecule has 0 saturated carbocycles. The van der Waals surface area contributed by atoms with Crippen LogP contribution in [0.2, 0.25) is 0 Å².